The summed E-state index contributed by atoms with van der Waals surface area (Å²) in [6, 6.07) is 15.1. The van der Waals surface area contributed by atoms with Crippen LogP contribution in [-0.4, -0.2) is 24.8 Å². The van der Waals surface area contributed by atoms with Crippen LogP contribution >= 0.6 is 0 Å². The van der Waals surface area contributed by atoms with E-state index in [1.54, 1.807) is 41.3 Å². The van der Waals surface area contributed by atoms with Gasteiger partial charge in [0.05, 0.1) is 24.3 Å². The quantitative estimate of drug-likeness (QED) is 0.410. The minimum Gasteiger partial charge on any atom is -0.508 e. The van der Waals surface area contributed by atoms with Crippen molar-refractivity contribution in [2.75, 3.05) is 18.6 Å². The van der Waals surface area contributed by atoms with Gasteiger partial charge in [-0.3, -0.25) is 4.90 Å². The number of rotatable bonds is 4. The van der Waals surface area contributed by atoms with E-state index in [1.165, 1.54) is 19.2 Å². The highest BCUT2D eigenvalue weighted by molar-refractivity contribution is 5.96. The zero-order valence-corrected chi connectivity index (χ0v) is 20.7. The summed E-state index contributed by atoms with van der Waals surface area (Å²) in [5, 5.41) is 21.7. The van der Waals surface area contributed by atoms with Crippen molar-refractivity contribution in [3.8, 4) is 28.7 Å². The van der Waals surface area contributed by atoms with Crippen LogP contribution in [0.2, 0.25) is 0 Å². The van der Waals surface area contributed by atoms with Gasteiger partial charge in [-0.05, 0) is 65.9 Å². The van der Waals surface area contributed by atoms with E-state index in [-0.39, 0.29) is 23.6 Å². The molecule has 2 N–H and O–H groups in total. The molecule has 1 fully saturated rings. The molecular weight excluding hydrogens is 495 g/mol. The van der Waals surface area contributed by atoms with Crippen molar-refractivity contribution < 1.29 is 27.8 Å². The lowest BCUT2D eigenvalue weighted by molar-refractivity contribution is -0.137. The number of nitrogens with zero attached hydrogens (tertiary/aromatic N) is 2. The van der Waals surface area contributed by atoms with Gasteiger partial charge in [0.25, 0.3) is 0 Å². The van der Waals surface area contributed by atoms with Crippen molar-refractivity contribution >= 4 is 11.7 Å². The Morgan fingerprint density at radius 2 is 1.89 bits per heavy atom. The Bertz CT molecular complexity index is 1440. The number of aromatic hydroxyl groups is 1. The molecule has 9 heteroatoms. The Morgan fingerprint density at radius 1 is 1.13 bits per heavy atom. The normalized spacial score (nSPS) is 15.8. The molecule has 196 valence electrons. The van der Waals surface area contributed by atoms with Crippen molar-refractivity contribution in [1.82, 2.24) is 5.32 Å². The van der Waals surface area contributed by atoms with Crippen LogP contribution in [0.1, 0.15) is 47.9 Å². The fourth-order valence-electron chi connectivity index (χ4n) is 5.74. The predicted octanol–water partition coefficient (Wildman–Crippen LogP) is 6.50. The molecule has 1 aliphatic heterocycles. The summed E-state index contributed by atoms with van der Waals surface area (Å²) >= 11 is 0. The van der Waals surface area contributed by atoms with Crippen LogP contribution in [0.15, 0.2) is 54.6 Å². The first-order valence-electron chi connectivity index (χ1n) is 12.3. The molecule has 1 heterocycles. The van der Waals surface area contributed by atoms with E-state index in [4.69, 9.17) is 10.00 Å². The number of phenolic OH excluding ortho intramolecular Hbond substituents is 1. The molecule has 0 atom stereocenters. The highest BCUT2D eigenvalue weighted by Gasteiger charge is 2.46. The van der Waals surface area contributed by atoms with E-state index in [9.17, 15) is 23.1 Å². The Morgan fingerprint density at radius 3 is 2.58 bits per heavy atom. The Balaban J connectivity index is 1.47. The first-order chi connectivity index (χ1) is 18.1. The molecule has 0 aromatic heterocycles. The Labute approximate surface area is 218 Å². The molecule has 5 rings (SSSR count). The average Bonchev–Trinajstić information content (AvgIpc) is 3.51. The number of benzene rings is 3. The standard InChI is InChI=1S/C29H26F3N3O3/c1-38-26-12-18(15-33)4-5-20(26)16-34-27(37)35-17-28(10-2-3-11-28)24-13-19(6-9-25(24)35)22-8-7-21(36)14-23(22)29(30,31)32/h4-9,12-14,36H,2-3,10-11,16-17H2,1H3,(H,34,37). The number of hydrogen-bond acceptors (Lipinski definition) is 4. The summed E-state index contributed by atoms with van der Waals surface area (Å²) in [6.07, 6.45) is -0.976. The average molecular weight is 522 g/mol. The third kappa shape index (κ3) is 4.51. The zero-order chi connectivity index (χ0) is 27.1. The summed E-state index contributed by atoms with van der Waals surface area (Å²) in [7, 11) is 1.50. The molecule has 1 saturated carbocycles. The van der Waals surface area contributed by atoms with Crippen molar-refractivity contribution in [3.05, 3.63) is 76.9 Å². The Kier molecular flexibility index (Phi) is 6.43. The lowest BCUT2D eigenvalue weighted by Gasteiger charge is -2.25. The molecule has 0 bridgehead atoms. The molecule has 6 nitrogen and oxygen atoms in total. The number of ether oxygens (including phenoxy) is 1. The highest BCUT2D eigenvalue weighted by atomic mass is 19.4. The summed E-state index contributed by atoms with van der Waals surface area (Å²) in [5.41, 5.74) is 1.90. The number of urea groups is 1. The lowest BCUT2D eigenvalue weighted by atomic mass is 9.79. The minimum atomic E-state index is -4.63. The smallest absolute Gasteiger partial charge is 0.417 e. The summed E-state index contributed by atoms with van der Waals surface area (Å²) in [5.74, 6) is 0.0497. The summed E-state index contributed by atoms with van der Waals surface area (Å²) in [6.45, 7) is 0.636. The van der Waals surface area contributed by atoms with Crippen molar-refractivity contribution in [1.29, 1.82) is 5.26 Å². The molecule has 1 aliphatic carbocycles. The van der Waals surface area contributed by atoms with E-state index in [0.717, 1.165) is 42.9 Å². The number of nitriles is 1. The highest BCUT2D eigenvalue weighted by Crippen LogP contribution is 2.52. The van der Waals surface area contributed by atoms with Crippen LogP contribution in [0.25, 0.3) is 11.1 Å². The maximum Gasteiger partial charge on any atom is 0.417 e. The fourth-order valence-corrected chi connectivity index (χ4v) is 5.74. The van der Waals surface area contributed by atoms with Gasteiger partial charge in [-0.15, -0.1) is 0 Å². The first-order valence-corrected chi connectivity index (χ1v) is 12.3. The van der Waals surface area contributed by atoms with Gasteiger partial charge in [0, 0.05) is 29.8 Å². The number of halogens is 3. The number of fused-ring (bicyclic) bond motifs is 2. The van der Waals surface area contributed by atoms with Gasteiger partial charge in [-0.2, -0.15) is 18.4 Å². The molecular formula is C29H26F3N3O3. The van der Waals surface area contributed by atoms with Gasteiger partial charge >= 0.3 is 12.2 Å². The maximum atomic E-state index is 13.8. The third-order valence-corrected chi connectivity index (χ3v) is 7.59. The monoisotopic (exact) mass is 521 g/mol. The third-order valence-electron chi connectivity index (χ3n) is 7.59. The molecule has 38 heavy (non-hydrogen) atoms. The topological polar surface area (TPSA) is 85.6 Å². The molecule has 0 radical (unpaired) electrons. The van der Waals surface area contributed by atoms with E-state index < -0.39 is 17.5 Å². The van der Waals surface area contributed by atoms with Crippen LogP contribution in [0.4, 0.5) is 23.7 Å². The van der Waals surface area contributed by atoms with E-state index >= 15 is 0 Å². The maximum absolute atomic E-state index is 13.8. The first kappa shape index (κ1) is 25.5. The van der Waals surface area contributed by atoms with Crippen LogP contribution in [-0.2, 0) is 18.1 Å². The van der Waals surface area contributed by atoms with E-state index in [0.29, 0.717) is 29.1 Å². The molecule has 2 amide bonds. The number of alkyl halides is 3. The molecule has 3 aromatic rings. The molecule has 1 spiro atoms. The van der Waals surface area contributed by atoms with Crippen LogP contribution < -0.4 is 15.0 Å². The predicted molar refractivity (Wildman–Crippen MR) is 136 cm³/mol. The van der Waals surface area contributed by atoms with Crippen LogP contribution in [0.3, 0.4) is 0 Å². The van der Waals surface area contributed by atoms with Crippen molar-refractivity contribution in [3.63, 3.8) is 0 Å². The van der Waals surface area contributed by atoms with Gasteiger partial charge < -0.3 is 15.2 Å². The molecule has 0 unspecified atom stereocenters. The number of carbonyl (C=O) groups excluding carboxylic acids is 1. The van der Waals surface area contributed by atoms with E-state index in [1.807, 2.05) is 0 Å². The van der Waals surface area contributed by atoms with Gasteiger partial charge in [0.1, 0.15) is 11.5 Å². The van der Waals surface area contributed by atoms with E-state index in [2.05, 4.69) is 11.4 Å². The fraction of sp³-hybridized carbons (Fsp3) is 0.310. The van der Waals surface area contributed by atoms with Crippen molar-refractivity contribution in [2.45, 2.75) is 43.8 Å². The minimum absolute atomic E-state index is 0.0120. The Hall–Kier alpha value is -4.19. The van der Waals surface area contributed by atoms with Crippen molar-refractivity contribution in [2.24, 2.45) is 0 Å². The molecule has 3 aromatic carbocycles. The number of phenols is 1. The van der Waals surface area contributed by atoms with Gasteiger partial charge in [0.15, 0.2) is 0 Å². The zero-order valence-electron chi connectivity index (χ0n) is 20.7. The molecule has 2 aliphatic rings. The van der Waals surface area contributed by atoms with Gasteiger partial charge in [0.2, 0.25) is 0 Å². The second kappa shape index (κ2) is 9.60. The number of anilines is 1. The van der Waals surface area contributed by atoms with Crippen LogP contribution in [0, 0.1) is 11.3 Å². The number of nitrogens with one attached hydrogen (secondary N) is 1. The summed E-state index contributed by atoms with van der Waals surface area (Å²) in [4.78, 5) is 15.0. The number of carbonyl (C=O) groups is 1. The lowest BCUT2D eigenvalue weighted by Crippen LogP contribution is -2.41. The number of hydrogen-bond donors (Lipinski definition) is 2. The largest absolute Gasteiger partial charge is 0.508 e. The number of methoxy groups -OCH3 is 1. The van der Waals surface area contributed by atoms with Gasteiger partial charge in [-0.1, -0.05) is 31.0 Å². The molecule has 0 saturated heterocycles. The summed E-state index contributed by atoms with van der Waals surface area (Å²) < 4.78 is 46.7. The van der Waals surface area contributed by atoms with Gasteiger partial charge in [-0.25, -0.2) is 4.79 Å². The second-order valence-corrected chi connectivity index (χ2v) is 9.83. The second-order valence-electron chi connectivity index (χ2n) is 9.83. The van der Waals surface area contributed by atoms with Crippen LogP contribution in [0.5, 0.6) is 11.5 Å². The SMILES string of the molecule is COc1cc(C#N)ccc1CNC(=O)N1CC2(CCCC2)c2cc(-c3ccc(O)cc3C(F)(F)F)ccc21. The number of amides is 2.